The normalized spacial score (nSPS) is 17.4. The van der Waals surface area contributed by atoms with Crippen LogP contribution in [-0.4, -0.2) is 51.1 Å². The molecule has 0 fully saturated rings. The Labute approximate surface area is 315 Å². The maximum absolute atomic E-state index is 10.8. The van der Waals surface area contributed by atoms with Gasteiger partial charge in [0.1, 0.15) is 57.5 Å². The van der Waals surface area contributed by atoms with Crippen molar-refractivity contribution < 1.29 is 51.1 Å². The molecule has 0 aliphatic heterocycles. The molecule has 10 nitrogen and oxygen atoms in total. The lowest BCUT2D eigenvalue weighted by molar-refractivity contribution is 0.429. The van der Waals surface area contributed by atoms with Crippen molar-refractivity contribution >= 4 is 0 Å². The highest BCUT2D eigenvalue weighted by Crippen LogP contribution is 2.49. The number of hydrogen-bond donors (Lipinski definition) is 10. The number of benzene rings is 5. The molecule has 1 aliphatic rings. The predicted molar refractivity (Wildman–Crippen MR) is 208 cm³/mol. The van der Waals surface area contributed by atoms with Gasteiger partial charge in [0.15, 0.2) is 0 Å². The van der Waals surface area contributed by atoms with E-state index in [-0.39, 0.29) is 63.4 Å². The minimum atomic E-state index is -0.598. The molecule has 0 aromatic heterocycles. The first-order valence-corrected chi connectivity index (χ1v) is 17.4. The highest BCUT2D eigenvalue weighted by molar-refractivity contribution is 5.61. The Hall–Kier alpha value is -6.34. The largest absolute Gasteiger partial charge is 0.508 e. The van der Waals surface area contributed by atoms with Crippen LogP contribution in [0.1, 0.15) is 127 Å². The summed E-state index contributed by atoms with van der Waals surface area (Å²) in [6.07, 6.45) is 8.00. The van der Waals surface area contributed by atoms with Gasteiger partial charge in [-0.25, -0.2) is 0 Å². The van der Waals surface area contributed by atoms with E-state index in [1.165, 1.54) is 30.3 Å². The summed E-state index contributed by atoms with van der Waals surface area (Å²) in [6, 6.07) is 14.5. The molecule has 8 bridgehead atoms. The fourth-order valence-corrected chi connectivity index (χ4v) is 7.06. The molecule has 6 rings (SSSR count). The van der Waals surface area contributed by atoms with Gasteiger partial charge in [-0.2, -0.15) is 0 Å². The van der Waals surface area contributed by atoms with E-state index in [9.17, 15) is 51.1 Å². The van der Waals surface area contributed by atoms with Crippen molar-refractivity contribution in [3.8, 4) is 70.3 Å². The fourth-order valence-electron chi connectivity index (χ4n) is 7.06. The number of aryl methyl sites for hydroxylation is 1. The van der Waals surface area contributed by atoms with Crippen LogP contribution in [0.2, 0.25) is 0 Å². The van der Waals surface area contributed by atoms with Crippen LogP contribution in [0.3, 0.4) is 0 Å². The highest BCUT2D eigenvalue weighted by Gasteiger charge is 2.29. The molecular formula is C44H48O10. The molecule has 0 spiro atoms. The molecule has 0 heterocycles. The number of fused-ring (bicyclic) bond motifs is 8. The first kappa shape index (κ1) is 40.4. The highest BCUT2D eigenvalue weighted by atomic mass is 16.3. The Morgan fingerprint density at radius 1 is 0.352 bits per heavy atom. The maximum atomic E-state index is 10.8. The summed E-state index contributed by atoms with van der Waals surface area (Å²) in [5, 5.41) is 105. The van der Waals surface area contributed by atoms with Crippen LogP contribution in [0.15, 0.2) is 60.7 Å². The molecule has 10 heteroatoms. The predicted octanol–water partition coefficient (Wildman–Crippen LogP) is 9.03. The first-order chi connectivity index (χ1) is 25.3. The van der Waals surface area contributed by atoms with Crippen molar-refractivity contribution in [1.82, 2.24) is 0 Å². The molecule has 0 atom stereocenters. The third-order valence-corrected chi connectivity index (χ3v) is 10.4. The molecule has 0 radical (unpaired) electrons. The monoisotopic (exact) mass is 736 g/mol. The number of phenols is 10. The Bertz CT molecular complexity index is 1870. The molecule has 5 aromatic rings. The van der Waals surface area contributed by atoms with Gasteiger partial charge in [0.05, 0.1) is 0 Å². The molecule has 284 valence electrons. The van der Waals surface area contributed by atoms with Crippen LogP contribution in [0.25, 0.3) is 0 Å². The van der Waals surface area contributed by atoms with Crippen molar-refractivity contribution in [3.63, 3.8) is 0 Å². The second-order valence-corrected chi connectivity index (χ2v) is 14.1. The summed E-state index contributed by atoms with van der Waals surface area (Å²) >= 11 is 0. The summed E-state index contributed by atoms with van der Waals surface area (Å²) in [5.74, 6) is -3.39. The zero-order valence-electron chi connectivity index (χ0n) is 31.3. The quantitative estimate of drug-likeness (QED) is 0.0740. The van der Waals surface area contributed by atoms with Gasteiger partial charge in [0.2, 0.25) is 0 Å². The molecular weight excluding hydrogens is 688 g/mol. The van der Waals surface area contributed by atoms with Crippen LogP contribution in [0.5, 0.6) is 57.5 Å². The van der Waals surface area contributed by atoms with Gasteiger partial charge in [-0.05, 0) is 54.3 Å². The van der Waals surface area contributed by atoms with E-state index in [1.54, 1.807) is 52.0 Å². The number of hydrogen-bond acceptors (Lipinski definition) is 10. The summed E-state index contributed by atoms with van der Waals surface area (Å²) in [7, 11) is 0. The van der Waals surface area contributed by atoms with Crippen molar-refractivity contribution in [2.45, 2.75) is 78.1 Å². The van der Waals surface area contributed by atoms with E-state index in [4.69, 9.17) is 0 Å². The number of aromatic hydroxyl groups is 10. The Kier molecular flexibility index (Phi) is 11.8. The van der Waals surface area contributed by atoms with Crippen molar-refractivity contribution in [2.24, 2.45) is 0 Å². The SMILES string of the molecule is C#C.CC1c2cc(c(O)cc2O)C(C)c2cc(c(O)cc2O)C(C)c2cc(c(O)cc2O)C(C)c2cc1c(O)cc2O.Cc1cc(C(C)C)c(O)cc1O. The minimum Gasteiger partial charge on any atom is -0.508 e. The standard InChI is InChI=1S/C32H32O8.C10H14O2.C2H2/c1-13-17-5-19(27(35)9-25(17)33)14(2)21-7-23(31(39)11-29(21)37)16(4)24-8-22(30(38)12-32(24)40)15(3)20-6-18(13)26(34)10-28(20)36;1-6(2)8-4-7(3)9(11)5-10(8)12;1-2/h5-16,33-40H,1-4H3;4-6,11-12H,1-3H3;1-2H. The van der Waals surface area contributed by atoms with Crippen molar-refractivity contribution in [1.29, 1.82) is 0 Å². The average Bonchev–Trinajstić information content (AvgIpc) is 3.10. The third kappa shape index (κ3) is 7.57. The van der Waals surface area contributed by atoms with E-state index in [1.807, 2.05) is 26.8 Å². The lowest BCUT2D eigenvalue weighted by atomic mass is 9.81. The zero-order chi connectivity index (χ0) is 40.5. The van der Waals surface area contributed by atoms with Gasteiger partial charge in [0, 0.05) is 98.5 Å². The van der Waals surface area contributed by atoms with Gasteiger partial charge >= 0.3 is 0 Å². The summed E-state index contributed by atoms with van der Waals surface area (Å²) < 4.78 is 0. The lowest BCUT2D eigenvalue weighted by Crippen LogP contribution is -2.07. The Morgan fingerprint density at radius 2 is 0.556 bits per heavy atom. The van der Waals surface area contributed by atoms with E-state index < -0.39 is 23.7 Å². The van der Waals surface area contributed by atoms with Gasteiger partial charge in [-0.15, -0.1) is 12.8 Å². The number of phenolic OH excluding ortho intramolecular Hbond substituents is 10. The average molecular weight is 737 g/mol. The Morgan fingerprint density at radius 3 is 0.759 bits per heavy atom. The van der Waals surface area contributed by atoms with Crippen LogP contribution in [0, 0.1) is 19.8 Å². The van der Waals surface area contributed by atoms with E-state index in [2.05, 4.69) is 12.8 Å². The van der Waals surface area contributed by atoms with Gasteiger partial charge in [-0.1, -0.05) is 41.5 Å². The summed E-state index contributed by atoms with van der Waals surface area (Å²) in [5.41, 5.74) is 4.85. The topological polar surface area (TPSA) is 202 Å². The van der Waals surface area contributed by atoms with Crippen molar-refractivity contribution in [2.75, 3.05) is 0 Å². The molecule has 5 aromatic carbocycles. The molecule has 0 amide bonds. The minimum absolute atomic E-state index is 0.150. The molecule has 0 saturated heterocycles. The molecule has 10 N–H and O–H groups in total. The van der Waals surface area contributed by atoms with Crippen LogP contribution >= 0.6 is 0 Å². The van der Waals surface area contributed by atoms with E-state index in [0.29, 0.717) is 44.5 Å². The van der Waals surface area contributed by atoms with Crippen LogP contribution in [0.4, 0.5) is 0 Å². The van der Waals surface area contributed by atoms with E-state index >= 15 is 0 Å². The second kappa shape index (κ2) is 15.7. The van der Waals surface area contributed by atoms with E-state index in [0.717, 1.165) is 11.1 Å². The molecule has 0 saturated carbocycles. The third-order valence-electron chi connectivity index (χ3n) is 10.4. The van der Waals surface area contributed by atoms with Crippen LogP contribution in [-0.2, 0) is 0 Å². The number of terminal acetylenes is 1. The van der Waals surface area contributed by atoms with Crippen molar-refractivity contribution in [3.05, 3.63) is 116 Å². The molecule has 54 heavy (non-hydrogen) atoms. The zero-order valence-corrected chi connectivity index (χ0v) is 31.3. The molecule has 0 unspecified atom stereocenters. The first-order valence-electron chi connectivity index (χ1n) is 17.4. The van der Waals surface area contributed by atoms with Gasteiger partial charge in [-0.3, -0.25) is 0 Å². The van der Waals surface area contributed by atoms with Gasteiger partial charge < -0.3 is 51.1 Å². The van der Waals surface area contributed by atoms with Gasteiger partial charge in [0.25, 0.3) is 0 Å². The smallest absolute Gasteiger partial charge is 0.123 e. The number of rotatable bonds is 1. The maximum Gasteiger partial charge on any atom is 0.123 e. The summed E-state index contributed by atoms with van der Waals surface area (Å²) in [6.45, 7) is 12.9. The van der Waals surface area contributed by atoms with Crippen LogP contribution < -0.4 is 0 Å². The lowest BCUT2D eigenvalue weighted by Gasteiger charge is -2.25. The second-order valence-electron chi connectivity index (χ2n) is 14.1. The molecule has 1 aliphatic carbocycles. The Balaban J connectivity index is 0.000000393. The fraction of sp³-hybridized carbons (Fsp3) is 0.273. The summed E-state index contributed by atoms with van der Waals surface area (Å²) in [4.78, 5) is 0.